The van der Waals surface area contributed by atoms with Gasteiger partial charge in [0.1, 0.15) is 0 Å². The van der Waals surface area contributed by atoms with Gasteiger partial charge in [0.15, 0.2) is 0 Å². The first-order valence-electron chi connectivity index (χ1n) is 15.5. The molecule has 0 saturated heterocycles. The van der Waals surface area contributed by atoms with Gasteiger partial charge in [0.25, 0.3) is 0 Å². The second-order valence-electron chi connectivity index (χ2n) is 11.8. The maximum absolute atomic E-state index is 6.61. The average molecular weight is 790 g/mol. The van der Waals surface area contributed by atoms with E-state index in [0.29, 0.717) is 0 Å². The van der Waals surface area contributed by atoms with E-state index in [2.05, 4.69) is 144 Å². The van der Waals surface area contributed by atoms with Crippen molar-refractivity contribution in [1.29, 1.82) is 0 Å². The fourth-order valence-electron chi connectivity index (χ4n) is 6.86. The topological polar surface area (TPSA) is 49.8 Å². The molecule has 4 heterocycles. The Bertz CT molecular complexity index is 2610. The molecule has 6 nitrogen and oxygen atoms in total. The number of benzene rings is 5. The first-order chi connectivity index (χ1) is 23.0. The van der Waals surface area contributed by atoms with Crippen molar-refractivity contribution in [3.8, 4) is 28.7 Å². The van der Waals surface area contributed by atoms with Crippen molar-refractivity contribution < 1.29 is 24.6 Å². The van der Waals surface area contributed by atoms with Gasteiger partial charge in [-0.1, -0.05) is 0 Å². The van der Waals surface area contributed by atoms with Gasteiger partial charge in [-0.15, -0.1) is 0 Å². The molecule has 0 atom stereocenters. The van der Waals surface area contributed by atoms with Crippen LogP contribution in [0.5, 0.6) is 11.5 Å². The molecule has 0 spiro atoms. The standard InChI is InChI=1S/C40H28N5O.Pt/c1-26-22-27(2)45(42-26)29-10-9-11-30(23-29)46-31-18-19-35-34-14-5-8-17-38(34)44(39(35)25-31)40-24-28(20-21-41-40)43-36-15-6-3-12-32(36)33-13-4-7-16-37(33)43;/h3-24H,1-2H3;. The van der Waals surface area contributed by atoms with Gasteiger partial charge in [-0.25, -0.2) is 0 Å². The Kier molecular flexibility index (Phi) is 6.41. The summed E-state index contributed by atoms with van der Waals surface area (Å²) in [4.78, 5) is 4.96. The zero-order valence-electron chi connectivity index (χ0n) is 25.7. The van der Waals surface area contributed by atoms with Crippen molar-refractivity contribution in [2.24, 2.45) is 0 Å². The van der Waals surface area contributed by atoms with E-state index in [1.807, 2.05) is 42.1 Å². The molecule has 9 aromatic rings. The van der Waals surface area contributed by atoms with E-state index in [4.69, 9.17) is 9.72 Å². The predicted octanol–water partition coefficient (Wildman–Crippen LogP) is 9.04. The van der Waals surface area contributed by atoms with Crippen molar-refractivity contribution in [3.63, 3.8) is 0 Å². The van der Waals surface area contributed by atoms with Crippen molar-refractivity contribution in [2.45, 2.75) is 13.8 Å². The third-order valence-electron chi connectivity index (χ3n) is 8.81. The quantitative estimate of drug-likeness (QED) is 0.175. The summed E-state index contributed by atoms with van der Waals surface area (Å²) in [6.45, 7) is 4.07. The summed E-state index contributed by atoms with van der Waals surface area (Å²) in [5, 5.41) is 9.45. The normalized spacial score (nSPS) is 11.7. The van der Waals surface area contributed by atoms with Crippen LogP contribution in [-0.4, -0.2) is 23.9 Å². The summed E-state index contributed by atoms with van der Waals surface area (Å²) in [6.07, 6.45) is 1.91. The third-order valence-corrected chi connectivity index (χ3v) is 9.90. The molecule has 0 unspecified atom stereocenters. The molecule has 0 fully saturated rings. The minimum absolute atomic E-state index is 0.752. The molecule has 47 heavy (non-hydrogen) atoms. The molecule has 9 rings (SSSR count). The predicted molar refractivity (Wildman–Crippen MR) is 186 cm³/mol. The molecular weight excluding hydrogens is 762 g/mol. The Morgan fingerprint density at radius 1 is 0.596 bits per heavy atom. The first kappa shape index (κ1) is 27.8. The molecule has 0 aliphatic heterocycles. The van der Waals surface area contributed by atoms with Gasteiger partial charge in [0.05, 0.1) is 0 Å². The molecule has 0 saturated carbocycles. The molecule has 0 radical (unpaired) electrons. The number of hydrogen-bond donors (Lipinski definition) is 0. The summed E-state index contributed by atoms with van der Waals surface area (Å²) in [7, 11) is 0. The average Bonchev–Trinajstić information content (AvgIpc) is 3.75. The van der Waals surface area contributed by atoms with E-state index in [1.54, 1.807) is 0 Å². The SMILES string of the molecule is Cc1cc(C)n(-c2cccc(Oc3ccc4c5ccccc5n(-c5cc(-n6c7ccccc7c7ccccc76)ccn5)c4[c]3[Pt])c2)n1. The fourth-order valence-corrected chi connectivity index (χ4v) is 7.72. The number of aryl methyl sites for hydroxylation is 2. The van der Waals surface area contributed by atoms with E-state index >= 15 is 0 Å². The summed E-state index contributed by atoms with van der Waals surface area (Å²) in [6, 6.07) is 44.4. The van der Waals surface area contributed by atoms with Crippen molar-refractivity contribution >= 4 is 47.6 Å². The van der Waals surface area contributed by atoms with Gasteiger partial charge in [-0.05, 0) is 0 Å². The van der Waals surface area contributed by atoms with Gasteiger partial charge in [-0.2, -0.15) is 0 Å². The Morgan fingerprint density at radius 3 is 1.94 bits per heavy atom. The number of nitrogens with zero attached hydrogens (tertiary/aromatic N) is 5. The van der Waals surface area contributed by atoms with Gasteiger partial charge in [-0.3, -0.25) is 0 Å². The number of pyridine rings is 1. The van der Waals surface area contributed by atoms with Gasteiger partial charge >= 0.3 is 284 Å². The molecule has 229 valence electrons. The van der Waals surface area contributed by atoms with E-state index in [-0.39, 0.29) is 0 Å². The van der Waals surface area contributed by atoms with Crippen LogP contribution in [0.3, 0.4) is 0 Å². The molecule has 0 aliphatic carbocycles. The number of hydrogen-bond acceptors (Lipinski definition) is 3. The Balaban J connectivity index is 1.22. The molecule has 0 bridgehead atoms. The molecule has 5 aromatic carbocycles. The van der Waals surface area contributed by atoms with Crippen LogP contribution in [-0.2, 0) is 19.8 Å². The van der Waals surface area contributed by atoms with Crippen LogP contribution in [0.1, 0.15) is 11.4 Å². The van der Waals surface area contributed by atoms with E-state index in [1.165, 1.54) is 27.2 Å². The van der Waals surface area contributed by atoms with E-state index in [0.717, 1.165) is 60.5 Å². The fraction of sp³-hybridized carbons (Fsp3) is 0.0500. The molecular formula is C40H28N5OPt. The van der Waals surface area contributed by atoms with Crippen LogP contribution in [0.25, 0.3) is 60.8 Å². The molecule has 4 aromatic heterocycles. The minimum atomic E-state index is 0.752. The third kappa shape index (κ3) is 4.44. The van der Waals surface area contributed by atoms with Gasteiger partial charge < -0.3 is 0 Å². The van der Waals surface area contributed by atoms with E-state index < -0.39 is 0 Å². The maximum atomic E-state index is 6.61. The number of para-hydroxylation sites is 3. The van der Waals surface area contributed by atoms with Crippen LogP contribution in [0, 0.1) is 13.8 Å². The van der Waals surface area contributed by atoms with E-state index in [9.17, 15) is 0 Å². The summed E-state index contributed by atoms with van der Waals surface area (Å²) < 4.78 is 14.2. The van der Waals surface area contributed by atoms with Crippen molar-refractivity contribution in [3.05, 3.63) is 145 Å². The van der Waals surface area contributed by atoms with Crippen LogP contribution in [0.4, 0.5) is 0 Å². The van der Waals surface area contributed by atoms with Crippen molar-refractivity contribution in [1.82, 2.24) is 23.9 Å². The molecule has 0 aliphatic rings. The molecule has 7 heteroatoms. The number of rotatable bonds is 5. The van der Waals surface area contributed by atoms with Crippen LogP contribution in [0.2, 0.25) is 0 Å². The van der Waals surface area contributed by atoms with Gasteiger partial charge in [0, 0.05) is 0 Å². The first-order valence-corrected chi connectivity index (χ1v) is 16.6. The number of aromatic nitrogens is 5. The Hall–Kier alpha value is -5.45. The Morgan fingerprint density at radius 2 is 1.26 bits per heavy atom. The Labute approximate surface area is 282 Å². The monoisotopic (exact) mass is 789 g/mol. The van der Waals surface area contributed by atoms with Crippen LogP contribution >= 0.6 is 0 Å². The number of fused-ring (bicyclic) bond motifs is 6. The second-order valence-corrected chi connectivity index (χ2v) is 12.9. The summed E-state index contributed by atoms with van der Waals surface area (Å²) >= 11 is 2.41. The summed E-state index contributed by atoms with van der Waals surface area (Å²) in [5.74, 6) is 2.38. The van der Waals surface area contributed by atoms with Crippen LogP contribution in [0.15, 0.2) is 134 Å². The molecule has 0 N–H and O–H groups in total. The van der Waals surface area contributed by atoms with Gasteiger partial charge in [0.2, 0.25) is 0 Å². The summed E-state index contributed by atoms with van der Waals surface area (Å²) in [5.41, 5.74) is 8.57. The zero-order chi connectivity index (χ0) is 31.6. The zero-order valence-corrected chi connectivity index (χ0v) is 27.9. The van der Waals surface area contributed by atoms with Crippen molar-refractivity contribution in [2.75, 3.05) is 0 Å². The number of ether oxygens (including phenoxy) is 1. The second kappa shape index (κ2) is 10.8. The molecule has 0 amide bonds. The van der Waals surface area contributed by atoms with Crippen LogP contribution < -0.4 is 8.69 Å².